The average Bonchev–Trinajstić information content (AvgIpc) is 2.77. The van der Waals surface area contributed by atoms with E-state index in [4.69, 9.17) is 9.88 Å². The van der Waals surface area contributed by atoms with Gasteiger partial charge < -0.3 is 4.74 Å². The number of hydrogen-bond donors (Lipinski definition) is 1. The van der Waals surface area contributed by atoms with E-state index in [9.17, 15) is 16.8 Å². The second-order valence-electron chi connectivity index (χ2n) is 3.97. The molecule has 0 unspecified atom stereocenters. The van der Waals surface area contributed by atoms with Gasteiger partial charge in [-0.3, -0.25) is 4.40 Å². The Kier molecular flexibility index (Phi) is 3.48. The van der Waals surface area contributed by atoms with Gasteiger partial charge in [0.15, 0.2) is 19.9 Å². The number of sulfonamides is 1. The molecule has 0 atom stereocenters. The van der Waals surface area contributed by atoms with Gasteiger partial charge in [0.1, 0.15) is 11.4 Å². The third kappa shape index (κ3) is 2.37. The van der Waals surface area contributed by atoms with E-state index in [0.717, 1.165) is 4.40 Å². The molecule has 2 aromatic heterocycles. The van der Waals surface area contributed by atoms with Gasteiger partial charge in [-0.15, -0.1) is 0 Å². The lowest BCUT2D eigenvalue weighted by molar-refractivity contribution is 0.412. The van der Waals surface area contributed by atoms with Crippen LogP contribution in [0.2, 0.25) is 0 Å². The van der Waals surface area contributed by atoms with Gasteiger partial charge in [0.25, 0.3) is 10.0 Å². The predicted molar refractivity (Wildman–Crippen MR) is 70.8 cm³/mol. The van der Waals surface area contributed by atoms with Crippen LogP contribution < -0.4 is 9.88 Å². The normalized spacial score (nSPS) is 12.8. The SMILES string of the molecule is CCS(=O)(=O)c1nc2ccc(OC)cn2c1S(N)(=O)=O. The molecular weight excluding hydrogens is 306 g/mol. The van der Waals surface area contributed by atoms with E-state index in [0.29, 0.717) is 5.75 Å². The van der Waals surface area contributed by atoms with Crippen molar-refractivity contribution in [3.05, 3.63) is 18.3 Å². The molecule has 0 bridgehead atoms. The fourth-order valence-corrected chi connectivity index (χ4v) is 4.01. The first-order valence-electron chi connectivity index (χ1n) is 5.52. The van der Waals surface area contributed by atoms with Crippen molar-refractivity contribution in [2.75, 3.05) is 12.9 Å². The number of hydrogen-bond acceptors (Lipinski definition) is 6. The number of rotatable bonds is 4. The summed E-state index contributed by atoms with van der Waals surface area (Å²) in [5.74, 6) is 0.0662. The zero-order valence-corrected chi connectivity index (χ0v) is 12.4. The van der Waals surface area contributed by atoms with Gasteiger partial charge in [0.05, 0.1) is 19.1 Å². The molecule has 20 heavy (non-hydrogen) atoms. The van der Waals surface area contributed by atoms with Gasteiger partial charge in [-0.25, -0.2) is 27.0 Å². The number of primary sulfonamides is 1. The van der Waals surface area contributed by atoms with Crippen molar-refractivity contribution in [1.29, 1.82) is 0 Å². The first-order chi connectivity index (χ1) is 9.20. The Balaban J connectivity index is 2.97. The van der Waals surface area contributed by atoms with Crippen molar-refractivity contribution >= 4 is 25.5 Å². The zero-order valence-electron chi connectivity index (χ0n) is 10.8. The van der Waals surface area contributed by atoms with Crippen LogP contribution in [-0.4, -0.2) is 39.1 Å². The minimum Gasteiger partial charge on any atom is -0.495 e. The summed E-state index contributed by atoms with van der Waals surface area (Å²) in [5.41, 5.74) is 0.154. The lowest BCUT2D eigenvalue weighted by Crippen LogP contribution is -2.19. The van der Waals surface area contributed by atoms with Gasteiger partial charge in [-0.05, 0) is 12.1 Å². The van der Waals surface area contributed by atoms with Crippen LogP contribution in [0, 0.1) is 0 Å². The molecule has 2 heterocycles. The van der Waals surface area contributed by atoms with Crippen LogP contribution in [0.5, 0.6) is 5.75 Å². The van der Waals surface area contributed by atoms with Crippen molar-refractivity contribution in [3.63, 3.8) is 0 Å². The highest BCUT2D eigenvalue weighted by atomic mass is 32.2. The van der Waals surface area contributed by atoms with Gasteiger partial charge in [-0.1, -0.05) is 6.92 Å². The molecular formula is C10H13N3O5S2. The number of aromatic nitrogens is 2. The maximum absolute atomic E-state index is 12.0. The van der Waals surface area contributed by atoms with Crippen LogP contribution in [-0.2, 0) is 19.9 Å². The lowest BCUT2D eigenvalue weighted by Gasteiger charge is -2.04. The number of nitrogens with two attached hydrogens (primary N) is 1. The number of ether oxygens (including phenoxy) is 1. The van der Waals surface area contributed by atoms with E-state index >= 15 is 0 Å². The molecule has 2 N–H and O–H groups in total. The molecule has 0 spiro atoms. The zero-order chi connectivity index (χ0) is 15.1. The third-order valence-corrected chi connectivity index (χ3v) is 5.39. The molecule has 0 saturated carbocycles. The maximum Gasteiger partial charge on any atom is 0.257 e. The molecule has 0 aliphatic carbocycles. The molecule has 2 aromatic rings. The Bertz CT molecular complexity index is 868. The van der Waals surface area contributed by atoms with E-state index in [1.54, 1.807) is 0 Å². The van der Waals surface area contributed by atoms with Crippen molar-refractivity contribution in [2.24, 2.45) is 5.14 Å². The van der Waals surface area contributed by atoms with Gasteiger partial charge >= 0.3 is 0 Å². The average molecular weight is 319 g/mol. The molecule has 0 radical (unpaired) electrons. The Morgan fingerprint density at radius 3 is 2.45 bits per heavy atom. The van der Waals surface area contributed by atoms with E-state index in [-0.39, 0.29) is 11.4 Å². The first kappa shape index (κ1) is 14.8. The quantitative estimate of drug-likeness (QED) is 0.832. The van der Waals surface area contributed by atoms with E-state index in [2.05, 4.69) is 4.98 Å². The van der Waals surface area contributed by atoms with Gasteiger partial charge in [0, 0.05) is 0 Å². The number of imidazole rings is 1. The molecule has 0 aromatic carbocycles. The van der Waals surface area contributed by atoms with Gasteiger partial charge in [-0.2, -0.15) is 0 Å². The predicted octanol–water partition coefficient (Wildman–Crippen LogP) is -0.216. The van der Waals surface area contributed by atoms with Crippen molar-refractivity contribution in [2.45, 2.75) is 17.0 Å². The van der Waals surface area contributed by atoms with Crippen LogP contribution in [0.15, 0.2) is 28.4 Å². The molecule has 110 valence electrons. The molecule has 0 amide bonds. The van der Waals surface area contributed by atoms with E-state index < -0.39 is 29.9 Å². The number of sulfone groups is 1. The fourth-order valence-electron chi connectivity index (χ4n) is 1.70. The molecule has 0 aliphatic rings. The monoisotopic (exact) mass is 319 g/mol. The number of fused-ring (bicyclic) bond motifs is 1. The number of nitrogens with zero attached hydrogens (tertiary/aromatic N) is 2. The van der Waals surface area contributed by atoms with Crippen LogP contribution in [0.3, 0.4) is 0 Å². The summed E-state index contributed by atoms with van der Waals surface area (Å²) in [6, 6.07) is 2.99. The fraction of sp³-hybridized carbons (Fsp3) is 0.300. The lowest BCUT2D eigenvalue weighted by atomic mass is 10.4. The van der Waals surface area contributed by atoms with E-state index in [1.807, 2.05) is 0 Å². The minimum atomic E-state index is -4.27. The second-order valence-corrected chi connectivity index (χ2v) is 7.64. The largest absolute Gasteiger partial charge is 0.495 e. The van der Waals surface area contributed by atoms with Crippen LogP contribution in [0.1, 0.15) is 6.92 Å². The Hall–Kier alpha value is -1.65. The summed E-state index contributed by atoms with van der Waals surface area (Å²) >= 11 is 0. The summed E-state index contributed by atoms with van der Waals surface area (Å²) in [6.07, 6.45) is 1.32. The van der Waals surface area contributed by atoms with Gasteiger partial charge in [0.2, 0.25) is 0 Å². The topological polar surface area (TPSA) is 121 Å². The van der Waals surface area contributed by atoms with E-state index in [1.165, 1.54) is 32.4 Å². The van der Waals surface area contributed by atoms with Crippen LogP contribution in [0.25, 0.3) is 5.65 Å². The summed E-state index contributed by atoms with van der Waals surface area (Å²) in [5, 5.41) is 4.01. The highest BCUT2D eigenvalue weighted by Gasteiger charge is 2.29. The first-order valence-corrected chi connectivity index (χ1v) is 8.72. The molecule has 2 rings (SSSR count). The van der Waals surface area contributed by atoms with Crippen molar-refractivity contribution in [3.8, 4) is 5.75 Å². The number of methoxy groups -OCH3 is 1. The second kappa shape index (κ2) is 4.72. The highest BCUT2D eigenvalue weighted by molar-refractivity contribution is 7.93. The molecule has 0 aliphatic heterocycles. The maximum atomic E-state index is 12.0. The Labute approximate surface area is 116 Å². The molecule has 8 nitrogen and oxygen atoms in total. The Morgan fingerprint density at radius 1 is 1.30 bits per heavy atom. The van der Waals surface area contributed by atoms with Crippen molar-refractivity contribution < 1.29 is 21.6 Å². The van der Waals surface area contributed by atoms with Crippen molar-refractivity contribution in [1.82, 2.24) is 9.38 Å². The Morgan fingerprint density at radius 2 is 1.95 bits per heavy atom. The summed E-state index contributed by atoms with van der Waals surface area (Å²) < 4.78 is 53.4. The minimum absolute atomic E-state index is 0.154. The summed E-state index contributed by atoms with van der Waals surface area (Å²) in [4.78, 5) is 3.86. The highest BCUT2D eigenvalue weighted by Crippen LogP contribution is 2.24. The smallest absolute Gasteiger partial charge is 0.257 e. The number of pyridine rings is 1. The standard InChI is InChI=1S/C10H13N3O5S2/c1-3-19(14,15)9-10(20(11,16)17)13-6-7(18-2)4-5-8(13)12-9/h4-6H,3H2,1-2H3,(H2,11,16,17). The third-order valence-electron chi connectivity index (χ3n) is 2.70. The summed E-state index contributed by atoms with van der Waals surface area (Å²) in [7, 11) is -6.69. The van der Waals surface area contributed by atoms with Crippen LogP contribution >= 0.6 is 0 Å². The van der Waals surface area contributed by atoms with Crippen LogP contribution in [0.4, 0.5) is 0 Å². The molecule has 10 heteroatoms. The molecule has 0 saturated heterocycles. The molecule has 0 fully saturated rings. The summed E-state index contributed by atoms with van der Waals surface area (Å²) in [6.45, 7) is 1.40.